The molecule has 1 N–H and O–H groups in total. The van der Waals surface area contributed by atoms with Crippen LogP contribution in [0.15, 0.2) is 53.4 Å². The number of likely N-dealkylation sites (tertiary alicyclic amines) is 1. The van der Waals surface area contributed by atoms with Gasteiger partial charge in [0.1, 0.15) is 11.6 Å². The lowest BCUT2D eigenvalue weighted by Gasteiger charge is -2.29. The monoisotopic (exact) mass is 531 g/mol. The molecule has 1 aliphatic heterocycles. The average molecular weight is 532 g/mol. The first kappa shape index (κ1) is 24.1. The van der Waals surface area contributed by atoms with Crippen LogP contribution in [0.1, 0.15) is 37.7 Å². The highest BCUT2D eigenvalue weighted by molar-refractivity contribution is 7.92. The standard InChI is InChI=1S/C25H23Cl2N3O4S/c26-17-5-3-4-16(12-17)25(10-11-25)23(32)30-14-18(35(33,34)21-7-2-1-6-19(21)27)13-20(30)22(31)29-24(15-28)8-9-24/h1-7,12,18,20H,8-11,13-14H2,(H,29,31)/t18-,20+/m1/s1. The minimum Gasteiger partial charge on any atom is -0.336 e. The van der Waals surface area contributed by atoms with E-state index in [1.165, 1.54) is 17.0 Å². The van der Waals surface area contributed by atoms with Gasteiger partial charge in [-0.3, -0.25) is 9.59 Å². The summed E-state index contributed by atoms with van der Waals surface area (Å²) in [7, 11) is -3.92. The molecule has 2 aliphatic carbocycles. The molecule has 1 saturated heterocycles. The molecule has 0 bridgehead atoms. The Bertz CT molecular complexity index is 1360. The zero-order valence-corrected chi connectivity index (χ0v) is 21.0. The van der Waals surface area contributed by atoms with E-state index in [2.05, 4.69) is 11.4 Å². The van der Waals surface area contributed by atoms with Crippen LogP contribution in [0, 0.1) is 11.3 Å². The van der Waals surface area contributed by atoms with Crippen LogP contribution in [-0.4, -0.2) is 48.5 Å². The van der Waals surface area contributed by atoms with Crippen molar-refractivity contribution < 1.29 is 18.0 Å². The van der Waals surface area contributed by atoms with E-state index in [0.717, 1.165) is 5.56 Å². The maximum Gasteiger partial charge on any atom is 0.244 e. The highest BCUT2D eigenvalue weighted by atomic mass is 35.5. The summed E-state index contributed by atoms with van der Waals surface area (Å²) in [6, 6.07) is 14.3. The van der Waals surface area contributed by atoms with Gasteiger partial charge in [-0.25, -0.2) is 8.42 Å². The van der Waals surface area contributed by atoms with Crippen molar-refractivity contribution in [3.8, 4) is 6.07 Å². The van der Waals surface area contributed by atoms with Crippen molar-refractivity contribution in [2.45, 2.75) is 59.2 Å². The summed E-state index contributed by atoms with van der Waals surface area (Å²) in [5.74, 6) is -0.797. The molecular formula is C25H23Cl2N3O4S. The molecule has 0 spiro atoms. The molecule has 2 amide bonds. The molecule has 3 aliphatic rings. The molecule has 0 aromatic heterocycles. The quantitative estimate of drug-likeness (QED) is 0.612. The summed E-state index contributed by atoms with van der Waals surface area (Å²) >= 11 is 12.4. The Morgan fingerprint density at radius 2 is 1.77 bits per heavy atom. The molecule has 2 saturated carbocycles. The SMILES string of the molecule is N#CC1(NC(=O)[C@@H]2C[C@@H](S(=O)(=O)c3ccccc3Cl)CN2C(=O)C2(c3cccc(Cl)c3)CC2)CC1. The number of benzene rings is 2. The zero-order valence-electron chi connectivity index (χ0n) is 18.7. The maximum absolute atomic E-state index is 13.9. The van der Waals surface area contributed by atoms with E-state index in [1.807, 2.05) is 6.07 Å². The Morgan fingerprint density at radius 3 is 2.37 bits per heavy atom. The lowest BCUT2D eigenvalue weighted by molar-refractivity contribution is -0.140. The number of rotatable bonds is 6. The molecule has 182 valence electrons. The first-order valence-electron chi connectivity index (χ1n) is 11.4. The number of hydrogen-bond acceptors (Lipinski definition) is 5. The third kappa shape index (κ3) is 4.20. The van der Waals surface area contributed by atoms with Crippen LogP contribution >= 0.6 is 23.2 Å². The third-order valence-corrected chi connectivity index (χ3v) is 10.1. The minimum absolute atomic E-state index is 0.0215. The summed E-state index contributed by atoms with van der Waals surface area (Å²) in [4.78, 5) is 28.6. The number of halogens is 2. The molecule has 2 aromatic carbocycles. The predicted molar refractivity (Wildman–Crippen MR) is 131 cm³/mol. The van der Waals surface area contributed by atoms with Gasteiger partial charge in [-0.2, -0.15) is 5.26 Å². The molecule has 2 atom stereocenters. The average Bonchev–Trinajstić information content (AvgIpc) is 3.75. The summed E-state index contributed by atoms with van der Waals surface area (Å²) in [5, 5.41) is 11.8. The third-order valence-electron chi connectivity index (χ3n) is 7.27. The van der Waals surface area contributed by atoms with Crippen LogP contribution in [0.4, 0.5) is 0 Å². The number of nitriles is 1. The smallest absolute Gasteiger partial charge is 0.244 e. The maximum atomic E-state index is 13.9. The van der Waals surface area contributed by atoms with Gasteiger partial charge in [0.2, 0.25) is 11.8 Å². The molecular weight excluding hydrogens is 509 g/mol. The molecule has 3 fully saturated rings. The summed E-state index contributed by atoms with van der Waals surface area (Å²) in [5.41, 5.74) is -1.02. The summed E-state index contributed by atoms with van der Waals surface area (Å²) < 4.78 is 27.0. The molecule has 0 unspecified atom stereocenters. The minimum atomic E-state index is -3.92. The fourth-order valence-corrected chi connectivity index (χ4v) is 7.28. The van der Waals surface area contributed by atoms with Gasteiger partial charge in [0, 0.05) is 11.6 Å². The van der Waals surface area contributed by atoms with Crippen molar-refractivity contribution in [2.24, 2.45) is 0 Å². The van der Waals surface area contributed by atoms with Gasteiger partial charge >= 0.3 is 0 Å². The highest BCUT2D eigenvalue weighted by Crippen LogP contribution is 2.51. The van der Waals surface area contributed by atoms with E-state index >= 15 is 0 Å². The Kier molecular flexibility index (Phi) is 5.86. The van der Waals surface area contributed by atoms with Crippen LogP contribution < -0.4 is 5.32 Å². The largest absolute Gasteiger partial charge is 0.336 e. The Labute approximate surface area is 213 Å². The molecule has 5 rings (SSSR count). The first-order chi connectivity index (χ1) is 16.6. The van der Waals surface area contributed by atoms with Crippen LogP contribution in [0.25, 0.3) is 0 Å². The number of nitrogens with one attached hydrogen (secondary N) is 1. The molecule has 0 radical (unpaired) electrons. The van der Waals surface area contributed by atoms with Gasteiger partial charge in [-0.1, -0.05) is 47.5 Å². The fraction of sp³-hybridized carbons (Fsp3) is 0.400. The summed E-state index contributed by atoms with van der Waals surface area (Å²) in [6.45, 7) is -0.133. The van der Waals surface area contributed by atoms with Crippen LogP contribution in [0.2, 0.25) is 10.0 Å². The lowest BCUT2D eigenvalue weighted by Crippen LogP contribution is -2.51. The second-order valence-corrected chi connectivity index (χ2v) is 12.6. The van der Waals surface area contributed by atoms with Crippen molar-refractivity contribution in [1.29, 1.82) is 5.26 Å². The van der Waals surface area contributed by atoms with E-state index in [9.17, 15) is 23.3 Å². The van der Waals surface area contributed by atoms with Gasteiger partial charge in [-0.15, -0.1) is 0 Å². The van der Waals surface area contributed by atoms with Crippen molar-refractivity contribution in [2.75, 3.05) is 6.54 Å². The zero-order chi connectivity index (χ0) is 25.0. The number of hydrogen-bond donors (Lipinski definition) is 1. The predicted octanol–water partition coefficient (Wildman–Crippen LogP) is 3.64. The second-order valence-electron chi connectivity index (χ2n) is 9.58. The normalized spacial score (nSPS) is 23.9. The Morgan fingerprint density at radius 1 is 1.06 bits per heavy atom. The van der Waals surface area contributed by atoms with Gasteiger partial charge in [0.15, 0.2) is 9.84 Å². The van der Waals surface area contributed by atoms with E-state index in [1.54, 1.807) is 30.3 Å². The highest BCUT2D eigenvalue weighted by Gasteiger charge is 2.58. The van der Waals surface area contributed by atoms with Crippen molar-refractivity contribution in [1.82, 2.24) is 10.2 Å². The second kappa shape index (κ2) is 8.51. The molecule has 2 aromatic rings. The molecule has 35 heavy (non-hydrogen) atoms. The number of carbonyl (C=O) groups is 2. The molecule has 7 nitrogen and oxygen atoms in total. The van der Waals surface area contributed by atoms with Gasteiger partial charge in [0.25, 0.3) is 0 Å². The van der Waals surface area contributed by atoms with E-state index in [0.29, 0.717) is 30.7 Å². The van der Waals surface area contributed by atoms with Crippen LogP contribution in [-0.2, 0) is 24.8 Å². The van der Waals surface area contributed by atoms with Crippen molar-refractivity contribution in [3.05, 3.63) is 64.1 Å². The van der Waals surface area contributed by atoms with Crippen LogP contribution in [0.3, 0.4) is 0 Å². The Hall–Kier alpha value is -2.60. The molecule has 1 heterocycles. The van der Waals surface area contributed by atoms with Crippen molar-refractivity contribution >= 4 is 44.9 Å². The van der Waals surface area contributed by atoms with Crippen molar-refractivity contribution in [3.63, 3.8) is 0 Å². The van der Waals surface area contributed by atoms with Gasteiger partial charge < -0.3 is 10.2 Å². The lowest BCUT2D eigenvalue weighted by atomic mass is 9.94. The number of amides is 2. The Balaban J connectivity index is 1.49. The van der Waals surface area contributed by atoms with Crippen LogP contribution in [0.5, 0.6) is 0 Å². The fourth-order valence-electron chi connectivity index (χ4n) is 4.87. The topological polar surface area (TPSA) is 107 Å². The van der Waals surface area contributed by atoms with E-state index in [-0.39, 0.29) is 28.8 Å². The van der Waals surface area contributed by atoms with Gasteiger partial charge in [0.05, 0.1) is 26.7 Å². The number of sulfone groups is 1. The van der Waals surface area contributed by atoms with E-state index < -0.39 is 38.0 Å². The van der Waals surface area contributed by atoms with Gasteiger partial charge in [-0.05, 0) is 61.9 Å². The first-order valence-corrected chi connectivity index (χ1v) is 13.7. The van der Waals surface area contributed by atoms with E-state index in [4.69, 9.17) is 23.2 Å². The molecule has 10 heteroatoms. The number of carbonyl (C=O) groups excluding carboxylic acids is 2. The number of nitrogens with zero attached hydrogens (tertiary/aromatic N) is 2. The summed E-state index contributed by atoms with van der Waals surface area (Å²) in [6.07, 6.45) is 2.16.